The van der Waals surface area contributed by atoms with Gasteiger partial charge in [0.2, 0.25) is 0 Å². The molecule has 1 aliphatic rings. The normalized spacial score (nSPS) is 18.4. The first-order chi connectivity index (χ1) is 9.90. The summed E-state index contributed by atoms with van der Waals surface area (Å²) in [5.74, 6) is -1.11. The predicted molar refractivity (Wildman–Crippen MR) is 79.2 cm³/mol. The molecule has 2 N–H and O–H groups in total. The fourth-order valence-corrected chi connectivity index (χ4v) is 2.41. The number of morpholine rings is 1. The number of carbonyl (C=O) groups is 2. The van der Waals surface area contributed by atoms with E-state index in [2.05, 4.69) is 5.32 Å². The van der Waals surface area contributed by atoms with Crippen LogP contribution in [-0.2, 0) is 9.53 Å². The van der Waals surface area contributed by atoms with Gasteiger partial charge in [-0.3, -0.25) is 0 Å². The molecule has 8 heteroatoms. The Labute approximate surface area is 131 Å². The molecule has 2 rings (SSSR count). The summed E-state index contributed by atoms with van der Waals surface area (Å²) in [6.07, 6.45) is 0. The SMILES string of the molecule is Cc1cc(Cl)c(NC(=O)N2CCOCC2C(=O)O)cc1Cl. The molecule has 0 aliphatic carbocycles. The summed E-state index contributed by atoms with van der Waals surface area (Å²) in [6, 6.07) is 1.60. The Hall–Kier alpha value is -1.50. The van der Waals surface area contributed by atoms with Crippen LogP contribution in [0, 0.1) is 6.92 Å². The van der Waals surface area contributed by atoms with E-state index in [-0.39, 0.29) is 13.2 Å². The molecule has 1 aliphatic heterocycles. The topological polar surface area (TPSA) is 78.9 Å². The van der Waals surface area contributed by atoms with Crippen LogP contribution in [0.4, 0.5) is 10.5 Å². The van der Waals surface area contributed by atoms with Crippen molar-refractivity contribution in [1.29, 1.82) is 0 Å². The van der Waals surface area contributed by atoms with Crippen molar-refractivity contribution in [3.05, 3.63) is 27.7 Å². The Morgan fingerprint density at radius 2 is 2.10 bits per heavy atom. The van der Waals surface area contributed by atoms with E-state index in [0.717, 1.165) is 5.56 Å². The van der Waals surface area contributed by atoms with Gasteiger partial charge in [-0.25, -0.2) is 9.59 Å². The average Bonchev–Trinajstić information content (AvgIpc) is 2.44. The average molecular weight is 333 g/mol. The molecule has 1 aromatic carbocycles. The number of rotatable bonds is 2. The number of hydrogen-bond acceptors (Lipinski definition) is 3. The third-order valence-electron chi connectivity index (χ3n) is 3.16. The standard InChI is InChI=1S/C13H14Cl2N2O4/c1-7-4-9(15)10(5-8(7)14)16-13(20)17-2-3-21-6-11(17)12(18)19/h4-5,11H,2-3,6H2,1H3,(H,16,20)(H,18,19). The van der Waals surface area contributed by atoms with Crippen LogP contribution >= 0.6 is 23.2 Å². The summed E-state index contributed by atoms with van der Waals surface area (Å²) in [4.78, 5) is 24.6. The van der Waals surface area contributed by atoms with Gasteiger partial charge >= 0.3 is 12.0 Å². The van der Waals surface area contributed by atoms with Crippen LogP contribution in [0.1, 0.15) is 5.56 Å². The van der Waals surface area contributed by atoms with Gasteiger partial charge in [-0.15, -0.1) is 0 Å². The molecule has 1 saturated heterocycles. The lowest BCUT2D eigenvalue weighted by atomic mass is 10.2. The van der Waals surface area contributed by atoms with Gasteiger partial charge in [0.15, 0.2) is 6.04 Å². The molecular weight excluding hydrogens is 319 g/mol. The van der Waals surface area contributed by atoms with Crippen molar-refractivity contribution in [3.63, 3.8) is 0 Å². The molecule has 1 aromatic rings. The first-order valence-corrected chi connectivity index (χ1v) is 6.99. The Balaban J connectivity index is 2.17. The van der Waals surface area contributed by atoms with Gasteiger partial charge in [0.25, 0.3) is 0 Å². The maximum absolute atomic E-state index is 12.2. The fourth-order valence-electron chi connectivity index (χ4n) is 1.98. The Morgan fingerprint density at radius 3 is 2.76 bits per heavy atom. The Kier molecular flexibility index (Phi) is 4.92. The number of benzene rings is 1. The molecule has 2 amide bonds. The highest BCUT2D eigenvalue weighted by atomic mass is 35.5. The molecule has 114 valence electrons. The monoisotopic (exact) mass is 332 g/mol. The number of amides is 2. The highest BCUT2D eigenvalue weighted by molar-refractivity contribution is 6.36. The van der Waals surface area contributed by atoms with Gasteiger partial charge in [-0.05, 0) is 24.6 Å². The van der Waals surface area contributed by atoms with Crippen molar-refractivity contribution in [2.24, 2.45) is 0 Å². The smallest absolute Gasteiger partial charge is 0.328 e. The zero-order valence-electron chi connectivity index (χ0n) is 11.2. The fraction of sp³-hybridized carbons (Fsp3) is 0.385. The number of ether oxygens (including phenoxy) is 1. The van der Waals surface area contributed by atoms with E-state index in [1.54, 1.807) is 13.0 Å². The van der Waals surface area contributed by atoms with Gasteiger partial charge in [0.05, 0.1) is 23.9 Å². The summed E-state index contributed by atoms with van der Waals surface area (Å²) in [7, 11) is 0. The molecule has 0 radical (unpaired) electrons. The quantitative estimate of drug-likeness (QED) is 0.872. The number of aliphatic carboxylic acids is 1. The highest BCUT2D eigenvalue weighted by Crippen LogP contribution is 2.29. The van der Waals surface area contributed by atoms with E-state index in [9.17, 15) is 9.59 Å². The number of carbonyl (C=O) groups excluding carboxylic acids is 1. The summed E-state index contributed by atoms with van der Waals surface area (Å²) >= 11 is 12.0. The zero-order chi connectivity index (χ0) is 15.6. The van der Waals surface area contributed by atoms with E-state index < -0.39 is 18.0 Å². The van der Waals surface area contributed by atoms with Crippen LogP contribution in [0.5, 0.6) is 0 Å². The van der Waals surface area contributed by atoms with E-state index in [1.807, 2.05) is 0 Å². The van der Waals surface area contributed by atoms with Crippen molar-refractivity contribution in [2.75, 3.05) is 25.1 Å². The first-order valence-electron chi connectivity index (χ1n) is 6.24. The molecule has 1 fully saturated rings. The predicted octanol–water partition coefficient (Wildman–Crippen LogP) is 2.62. The molecule has 0 aromatic heterocycles. The number of carboxylic acids is 1. The third-order valence-corrected chi connectivity index (χ3v) is 3.88. The second-order valence-electron chi connectivity index (χ2n) is 4.63. The van der Waals surface area contributed by atoms with E-state index in [1.165, 1.54) is 11.0 Å². The summed E-state index contributed by atoms with van der Waals surface area (Å²) in [5.41, 5.74) is 1.13. The molecule has 6 nitrogen and oxygen atoms in total. The molecule has 1 heterocycles. The Morgan fingerprint density at radius 1 is 1.38 bits per heavy atom. The minimum atomic E-state index is -1.11. The molecule has 1 unspecified atom stereocenters. The van der Waals surface area contributed by atoms with Crippen LogP contribution in [0.15, 0.2) is 12.1 Å². The Bertz CT molecular complexity index is 580. The second kappa shape index (κ2) is 6.51. The summed E-state index contributed by atoms with van der Waals surface area (Å²) < 4.78 is 5.08. The van der Waals surface area contributed by atoms with Crippen molar-refractivity contribution >= 4 is 40.9 Å². The summed E-state index contributed by atoms with van der Waals surface area (Å²) in [6.45, 7) is 2.24. The zero-order valence-corrected chi connectivity index (χ0v) is 12.7. The number of urea groups is 1. The van der Waals surface area contributed by atoms with Crippen molar-refractivity contribution in [1.82, 2.24) is 4.90 Å². The number of hydrogen-bond donors (Lipinski definition) is 2. The molecule has 0 spiro atoms. The van der Waals surface area contributed by atoms with Crippen LogP contribution in [0.25, 0.3) is 0 Å². The summed E-state index contributed by atoms with van der Waals surface area (Å²) in [5, 5.41) is 12.5. The molecular formula is C13H14Cl2N2O4. The largest absolute Gasteiger partial charge is 0.480 e. The van der Waals surface area contributed by atoms with Crippen LogP contribution in [0.3, 0.4) is 0 Å². The van der Waals surface area contributed by atoms with Crippen molar-refractivity contribution in [3.8, 4) is 0 Å². The molecule has 1 atom stereocenters. The molecule has 21 heavy (non-hydrogen) atoms. The van der Waals surface area contributed by atoms with Crippen molar-refractivity contribution < 1.29 is 19.4 Å². The number of aryl methyl sites for hydroxylation is 1. The lowest BCUT2D eigenvalue weighted by molar-refractivity contribution is -0.147. The van der Waals surface area contributed by atoms with Crippen LogP contribution < -0.4 is 5.32 Å². The van der Waals surface area contributed by atoms with E-state index in [4.69, 9.17) is 33.0 Å². The number of anilines is 1. The minimum absolute atomic E-state index is 0.0366. The minimum Gasteiger partial charge on any atom is -0.480 e. The van der Waals surface area contributed by atoms with Gasteiger partial charge in [-0.1, -0.05) is 23.2 Å². The lowest BCUT2D eigenvalue weighted by Gasteiger charge is -2.32. The van der Waals surface area contributed by atoms with Gasteiger partial charge in [0.1, 0.15) is 0 Å². The van der Waals surface area contributed by atoms with Gasteiger partial charge in [-0.2, -0.15) is 0 Å². The van der Waals surface area contributed by atoms with Crippen molar-refractivity contribution in [2.45, 2.75) is 13.0 Å². The lowest BCUT2D eigenvalue weighted by Crippen LogP contribution is -2.53. The molecule has 0 bridgehead atoms. The maximum atomic E-state index is 12.2. The number of nitrogens with one attached hydrogen (secondary N) is 1. The molecule has 0 saturated carbocycles. The number of halogens is 2. The highest BCUT2D eigenvalue weighted by Gasteiger charge is 2.33. The van der Waals surface area contributed by atoms with Gasteiger partial charge in [0, 0.05) is 11.6 Å². The van der Waals surface area contributed by atoms with Gasteiger partial charge < -0.3 is 20.1 Å². The van der Waals surface area contributed by atoms with E-state index in [0.29, 0.717) is 22.3 Å². The third kappa shape index (κ3) is 3.58. The first kappa shape index (κ1) is 15.9. The number of nitrogens with zero attached hydrogens (tertiary/aromatic N) is 1. The van der Waals surface area contributed by atoms with Crippen LogP contribution in [0.2, 0.25) is 10.0 Å². The maximum Gasteiger partial charge on any atom is 0.328 e. The second-order valence-corrected chi connectivity index (χ2v) is 5.45. The number of carboxylic acid groups (broad SMARTS) is 1. The van der Waals surface area contributed by atoms with Crippen LogP contribution in [-0.4, -0.2) is 47.8 Å². The van der Waals surface area contributed by atoms with E-state index >= 15 is 0 Å².